The van der Waals surface area contributed by atoms with Crippen molar-refractivity contribution < 1.29 is 23.9 Å². The lowest BCUT2D eigenvalue weighted by Gasteiger charge is -2.40. The summed E-state index contributed by atoms with van der Waals surface area (Å²) >= 11 is 0. The fourth-order valence-corrected chi connectivity index (χ4v) is 5.20. The second-order valence-corrected chi connectivity index (χ2v) is 10.9. The summed E-state index contributed by atoms with van der Waals surface area (Å²) < 4.78 is 10.3. The van der Waals surface area contributed by atoms with Crippen molar-refractivity contribution in [3.63, 3.8) is 0 Å². The van der Waals surface area contributed by atoms with Crippen LogP contribution in [0.15, 0.2) is 72.9 Å². The summed E-state index contributed by atoms with van der Waals surface area (Å²) in [5, 5.41) is 17.6. The fraction of sp³-hybridized carbons (Fsp3) is 0.382. The highest BCUT2D eigenvalue weighted by Crippen LogP contribution is 2.40. The minimum absolute atomic E-state index is 0.00415. The van der Waals surface area contributed by atoms with E-state index in [0.717, 1.165) is 37.1 Å². The Balaban J connectivity index is 1.50. The van der Waals surface area contributed by atoms with Crippen LogP contribution in [0.1, 0.15) is 51.5 Å². The Morgan fingerprint density at radius 2 is 1.74 bits per heavy atom. The first-order chi connectivity index (χ1) is 22.3. The number of esters is 1. The van der Waals surface area contributed by atoms with E-state index in [-0.39, 0.29) is 37.9 Å². The number of pyridine rings is 1. The van der Waals surface area contributed by atoms with Crippen LogP contribution in [-0.2, 0) is 19.1 Å². The van der Waals surface area contributed by atoms with Crippen molar-refractivity contribution in [1.29, 1.82) is 5.41 Å². The van der Waals surface area contributed by atoms with Crippen molar-refractivity contribution in [3.05, 3.63) is 78.5 Å². The van der Waals surface area contributed by atoms with Gasteiger partial charge in [0.25, 0.3) is 5.91 Å². The Labute approximate surface area is 270 Å². The number of aromatic nitrogens is 1. The van der Waals surface area contributed by atoms with Gasteiger partial charge in [-0.3, -0.25) is 25.2 Å². The lowest BCUT2D eigenvalue weighted by Crippen LogP contribution is -2.65. The second-order valence-electron chi connectivity index (χ2n) is 10.9. The SMILES string of the molecule is CCCCCCOC(=O)NC(=N)c1ccc(NCC2(C(=O)N(CCC(=O)OCC)c3ccccn3)Nc3ccccc3N2C)cc1. The van der Waals surface area contributed by atoms with Crippen molar-refractivity contribution in [3.8, 4) is 0 Å². The number of alkyl carbamates (subject to hydrolysis) is 1. The van der Waals surface area contributed by atoms with Gasteiger partial charge in [0.2, 0.25) is 5.66 Å². The van der Waals surface area contributed by atoms with Gasteiger partial charge in [0.1, 0.15) is 11.7 Å². The van der Waals surface area contributed by atoms with Gasteiger partial charge in [0, 0.05) is 31.0 Å². The lowest BCUT2D eigenvalue weighted by molar-refractivity contribution is -0.142. The number of anilines is 4. The monoisotopic (exact) mass is 629 g/mol. The van der Waals surface area contributed by atoms with Crippen LogP contribution in [0.3, 0.4) is 0 Å². The van der Waals surface area contributed by atoms with Crippen molar-refractivity contribution in [1.82, 2.24) is 10.3 Å². The van der Waals surface area contributed by atoms with Crippen molar-refractivity contribution in [2.24, 2.45) is 0 Å². The number of rotatable bonds is 15. The minimum Gasteiger partial charge on any atom is -0.466 e. The van der Waals surface area contributed by atoms with Crippen molar-refractivity contribution in [2.75, 3.05) is 53.8 Å². The van der Waals surface area contributed by atoms with Crippen LogP contribution >= 0.6 is 0 Å². The molecule has 4 N–H and O–H groups in total. The third-order valence-electron chi connectivity index (χ3n) is 7.73. The number of hydrogen-bond donors (Lipinski definition) is 4. The third-order valence-corrected chi connectivity index (χ3v) is 7.73. The molecule has 1 aliphatic rings. The summed E-state index contributed by atoms with van der Waals surface area (Å²) in [5.41, 5.74) is 1.55. The van der Waals surface area contributed by atoms with Gasteiger partial charge in [-0.25, -0.2) is 9.78 Å². The zero-order chi connectivity index (χ0) is 32.9. The first kappa shape index (κ1) is 33.8. The second kappa shape index (κ2) is 16.3. The molecule has 0 bridgehead atoms. The van der Waals surface area contributed by atoms with E-state index in [0.29, 0.717) is 23.7 Å². The molecule has 2 aromatic carbocycles. The maximum Gasteiger partial charge on any atom is 0.412 e. The number of amides is 2. The van der Waals surface area contributed by atoms with Gasteiger partial charge in [-0.05, 0) is 61.9 Å². The number of carbonyl (C=O) groups is 3. The number of carbonyl (C=O) groups excluding carboxylic acids is 3. The molecule has 1 aliphatic heterocycles. The Morgan fingerprint density at radius 1 is 0.978 bits per heavy atom. The Morgan fingerprint density at radius 3 is 2.43 bits per heavy atom. The summed E-state index contributed by atoms with van der Waals surface area (Å²) in [5.74, 6) is -0.369. The third kappa shape index (κ3) is 8.32. The summed E-state index contributed by atoms with van der Waals surface area (Å²) in [4.78, 5) is 46.9. The Bertz CT molecular complexity index is 1480. The number of ether oxygens (including phenoxy) is 2. The van der Waals surface area contributed by atoms with E-state index in [4.69, 9.17) is 14.9 Å². The molecule has 0 aliphatic carbocycles. The van der Waals surface area contributed by atoms with Crippen LogP contribution in [0, 0.1) is 5.41 Å². The van der Waals surface area contributed by atoms with Crippen molar-refractivity contribution >= 4 is 46.7 Å². The minimum atomic E-state index is -1.29. The Hall–Kier alpha value is -5.13. The molecule has 0 saturated carbocycles. The number of fused-ring (bicyclic) bond motifs is 1. The Kier molecular flexibility index (Phi) is 11.9. The number of likely N-dealkylation sites (N-methyl/N-ethyl adjacent to an activating group) is 1. The number of nitrogens with zero attached hydrogens (tertiary/aromatic N) is 3. The van der Waals surface area contributed by atoms with Gasteiger partial charge in [0.05, 0.1) is 37.6 Å². The van der Waals surface area contributed by atoms with Crippen LogP contribution in [0.2, 0.25) is 0 Å². The first-order valence-electron chi connectivity index (χ1n) is 15.6. The van der Waals surface area contributed by atoms with Gasteiger partial charge >= 0.3 is 12.1 Å². The van der Waals surface area contributed by atoms with Crippen LogP contribution in [-0.4, -0.2) is 67.8 Å². The predicted molar refractivity (Wildman–Crippen MR) is 179 cm³/mol. The maximum atomic E-state index is 14.6. The predicted octanol–water partition coefficient (Wildman–Crippen LogP) is 5.37. The number of amidine groups is 1. The molecule has 1 atom stereocenters. The van der Waals surface area contributed by atoms with E-state index in [1.165, 1.54) is 4.90 Å². The van der Waals surface area contributed by atoms with Crippen LogP contribution in [0.5, 0.6) is 0 Å². The number of para-hydroxylation sites is 2. The van der Waals surface area contributed by atoms with Gasteiger partial charge in [0.15, 0.2) is 0 Å². The molecular formula is C34H43N7O5. The molecule has 3 aromatic rings. The van der Waals surface area contributed by atoms with Crippen molar-refractivity contribution in [2.45, 2.75) is 51.6 Å². The molecular weight excluding hydrogens is 586 g/mol. The molecule has 4 rings (SSSR count). The smallest absolute Gasteiger partial charge is 0.412 e. The van der Waals surface area contributed by atoms with E-state index in [1.54, 1.807) is 55.6 Å². The average molecular weight is 630 g/mol. The summed E-state index contributed by atoms with van der Waals surface area (Å²) in [6.45, 7) is 4.64. The highest BCUT2D eigenvalue weighted by molar-refractivity contribution is 6.07. The van der Waals surface area contributed by atoms with Gasteiger partial charge in [-0.1, -0.05) is 44.4 Å². The molecule has 2 amide bonds. The average Bonchev–Trinajstić information content (AvgIpc) is 3.36. The highest BCUT2D eigenvalue weighted by Gasteiger charge is 2.50. The summed E-state index contributed by atoms with van der Waals surface area (Å²) in [6, 6.07) is 19.9. The number of unbranched alkanes of at least 4 members (excludes halogenated alkanes) is 3. The van der Waals surface area contributed by atoms with Crippen LogP contribution in [0.25, 0.3) is 0 Å². The van der Waals surface area contributed by atoms with E-state index >= 15 is 0 Å². The van der Waals surface area contributed by atoms with Gasteiger partial charge < -0.3 is 25.0 Å². The molecule has 2 heterocycles. The topological polar surface area (TPSA) is 149 Å². The molecule has 0 radical (unpaired) electrons. The molecule has 12 heteroatoms. The molecule has 0 spiro atoms. The molecule has 0 fully saturated rings. The molecule has 1 aromatic heterocycles. The molecule has 1 unspecified atom stereocenters. The van der Waals surface area contributed by atoms with Crippen LogP contribution < -0.4 is 25.8 Å². The molecule has 12 nitrogen and oxygen atoms in total. The first-order valence-corrected chi connectivity index (χ1v) is 15.6. The van der Waals surface area contributed by atoms with E-state index < -0.39 is 17.7 Å². The summed E-state index contributed by atoms with van der Waals surface area (Å²) in [7, 11) is 1.85. The zero-order valence-electron chi connectivity index (χ0n) is 26.7. The quantitative estimate of drug-likeness (QED) is 0.0753. The molecule has 244 valence electrons. The van der Waals surface area contributed by atoms with Crippen LogP contribution in [0.4, 0.5) is 27.7 Å². The lowest BCUT2D eigenvalue weighted by atomic mass is 10.1. The maximum absolute atomic E-state index is 14.6. The van der Waals surface area contributed by atoms with E-state index in [9.17, 15) is 14.4 Å². The largest absolute Gasteiger partial charge is 0.466 e. The number of hydrogen-bond acceptors (Lipinski definition) is 10. The zero-order valence-corrected chi connectivity index (χ0v) is 26.7. The summed E-state index contributed by atoms with van der Waals surface area (Å²) in [6.07, 6.45) is 4.93. The van der Waals surface area contributed by atoms with Gasteiger partial charge in [-0.15, -0.1) is 0 Å². The number of benzene rings is 2. The number of nitrogens with one attached hydrogen (secondary N) is 4. The fourth-order valence-electron chi connectivity index (χ4n) is 5.20. The molecule has 46 heavy (non-hydrogen) atoms. The van der Waals surface area contributed by atoms with E-state index in [1.807, 2.05) is 36.2 Å². The highest BCUT2D eigenvalue weighted by atomic mass is 16.5. The standard InChI is InChI=1S/C34H43N7O5/c1-4-6-7-12-23-46-33(44)38-31(35)25-16-18-26(19-17-25)37-24-34(39-27-13-8-9-14-28(27)40(34)3)32(43)41(22-20-30(42)45-5-2)29-15-10-11-21-36-29/h8-11,13-19,21,37,39H,4-7,12,20,22-24H2,1-3H3,(H2,35,38,44). The molecule has 0 saturated heterocycles. The van der Waals surface area contributed by atoms with E-state index in [2.05, 4.69) is 27.9 Å². The van der Waals surface area contributed by atoms with Gasteiger partial charge in [-0.2, -0.15) is 0 Å². The normalized spacial score (nSPS) is 14.9.